The number of anilines is 1. The number of benzene rings is 1. The molecule has 7 heteroatoms. The van der Waals surface area contributed by atoms with Gasteiger partial charge in [-0.1, -0.05) is 0 Å². The lowest BCUT2D eigenvalue weighted by molar-refractivity contribution is 0.0655. The van der Waals surface area contributed by atoms with Crippen LogP contribution in [0.5, 0.6) is 0 Å². The molecular weight excluding hydrogens is 319 g/mol. The zero-order valence-corrected chi connectivity index (χ0v) is 12.1. The quantitative estimate of drug-likeness (QED) is 0.768. The van der Waals surface area contributed by atoms with E-state index < -0.39 is 5.82 Å². The molecule has 19 heavy (non-hydrogen) atoms. The van der Waals surface area contributed by atoms with Gasteiger partial charge in [-0.15, -0.1) is 0 Å². The van der Waals surface area contributed by atoms with E-state index in [1.54, 1.807) is 0 Å². The first-order valence-electron chi connectivity index (χ1n) is 5.64. The summed E-state index contributed by atoms with van der Waals surface area (Å²) < 4.78 is 18.5. The van der Waals surface area contributed by atoms with Crippen LogP contribution < -0.4 is 5.73 Å². The summed E-state index contributed by atoms with van der Waals surface area (Å²) in [6.07, 6.45) is 0. The average molecular weight is 335 g/mol. The van der Waals surface area contributed by atoms with E-state index in [1.807, 2.05) is 0 Å². The van der Waals surface area contributed by atoms with Gasteiger partial charge in [-0.3, -0.25) is 4.79 Å². The Labute approximate surface area is 119 Å². The van der Waals surface area contributed by atoms with Crippen molar-refractivity contribution < 1.29 is 19.0 Å². The van der Waals surface area contributed by atoms with Crippen LogP contribution >= 0.6 is 15.9 Å². The van der Waals surface area contributed by atoms with E-state index in [-0.39, 0.29) is 30.3 Å². The number of nitrogens with zero attached hydrogens (tertiary/aromatic N) is 1. The van der Waals surface area contributed by atoms with Crippen molar-refractivity contribution in [3.05, 3.63) is 28.0 Å². The van der Waals surface area contributed by atoms with Crippen LogP contribution in [0.15, 0.2) is 16.6 Å². The number of methoxy groups -OCH3 is 1. The molecule has 106 valence electrons. The molecule has 0 bridgehead atoms. The molecule has 0 atom stereocenters. The molecule has 0 saturated heterocycles. The van der Waals surface area contributed by atoms with Crippen molar-refractivity contribution >= 4 is 27.5 Å². The first-order chi connectivity index (χ1) is 9.01. The minimum Gasteiger partial charge on any atom is -0.396 e. The van der Waals surface area contributed by atoms with Crippen LogP contribution in [-0.4, -0.2) is 49.3 Å². The highest BCUT2D eigenvalue weighted by Crippen LogP contribution is 2.24. The topological polar surface area (TPSA) is 75.8 Å². The molecule has 0 spiro atoms. The number of carbonyl (C=O) groups excluding carboxylic acids is 1. The number of rotatable bonds is 6. The number of ether oxygens (including phenoxy) is 1. The van der Waals surface area contributed by atoms with Crippen LogP contribution in [0.1, 0.15) is 10.4 Å². The standard InChI is InChI=1S/C12H16BrFN2O3/c1-19-5-3-16(2-4-17)12(18)8-6-11(15)10(14)7-9(8)13/h6-7,17H,2-5,15H2,1H3. The number of nitrogen functional groups attached to an aromatic ring is 1. The SMILES string of the molecule is COCCN(CCO)C(=O)c1cc(N)c(F)cc1Br. The molecule has 3 N–H and O–H groups in total. The predicted molar refractivity (Wildman–Crippen MR) is 73.4 cm³/mol. The average Bonchev–Trinajstić information content (AvgIpc) is 2.38. The molecule has 1 aromatic carbocycles. The smallest absolute Gasteiger partial charge is 0.255 e. The Morgan fingerprint density at radius 1 is 1.53 bits per heavy atom. The fraction of sp³-hybridized carbons (Fsp3) is 0.417. The lowest BCUT2D eigenvalue weighted by atomic mass is 10.1. The third kappa shape index (κ3) is 4.15. The van der Waals surface area contributed by atoms with E-state index in [0.717, 1.165) is 6.07 Å². The van der Waals surface area contributed by atoms with Gasteiger partial charge in [0.25, 0.3) is 5.91 Å². The number of aliphatic hydroxyl groups excluding tert-OH is 1. The van der Waals surface area contributed by atoms with E-state index in [1.165, 1.54) is 18.1 Å². The van der Waals surface area contributed by atoms with E-state index in [9.17, 15) is 9.18 Å². The summed E-state index contributed by atoms with van der Waals surface area (Å²) in [4.78, 5) is 13.7. The van der Waals surface area contributed by atoms with Crippen molar-refractivity contribution in [2.75, 3.05) is 39.1 Å². The molecule has 1 aromatic rings. The van der Waals surface area contributed by atoms with Crippen molar-refractivity contribution in [2.45, 2.75) is 0 Å². The van der Waals surface area contributed by atoms with Crippen molar-refractivity contribution in [3.63, 3.8) is 0 Å². The van der Waals surface area contributed by atoms with Gasteiger partial charge in [0.1, 0.15) is 5.82 Å². The van der Waals surface area contributed by atoms with Gasteiger partial charge in [0.2, 0.25) is 0 Å². The van der Waals surface area contributed by atoms with Crippen molar-refractivity contribution in [2.24, 2.45) is 0 Å². The van der Waals surface area contributed by atoms with Gasteiger partial charge < -0.3 is 20.5 Å². The Hall–Kier alpha value is -1.18. The number of nitrogens with two attached hydrogens (primary N) is 1. The minimum absolute atomic E-state index is 0.0951. The van der Waals surface area contributed by atoms with Crippen molar-refractivity contribution in [1.82, 2.24) is 4.90 Å². The molecule has 0 heterocycles. The predicted octanol–water partition coefficient (Wildman–Crippen LogP) is 1.25. The van der Waals surface area contributed by atoms with Crippen LogP contribution in [-0.2, 0) is 4.74 Å². The fourth-order valence-corrected chi connectivity index (χ4v) is 2.02. The zero-order chi connectivity index (χ0) is 14.4. The molecule has 1 rings (SSSR count). The van der Waals surface area contributed by atoms with Crippen LogP contribution in [0.4, 0.5) is 10.1 Å². The van der Waals surface area contributed by atoms with Gasteiger partial charge in [0.15, 0.2) is 0 Å². The molecule has 0 unspecified atom stereocenters. The second-order valence-corrected chi connectivity index (χ2v) is 4.72. The molecule has 1 amide bonds. The molecule has 0 fully saturated rings. The molecule has 0 aliphatic carbocycles. The van der Waals surface area contributed by atoms with Gasteiger partial charge in [-0.2, -0.15) is 0 Å². The number of halogens is 2. The summed E-state index contributed by atoms with van der Waals surface area (Å²) in [6.45, 7) is 0.690. The Balaban J connectivity index is 2.98. The van der Waals surface area contributed by atoms with Crippen LogP contribution in [0, 0.1) is 5.82 Å². The number of hydrogen-bond donors (Lipinski definition) is 2. The largest absolute Gasteiger partial charge is 0.396 e. The monoisotopic (exact) mass is 334 g/mol. The molecular formula is C12H16BrFN2O3. The third-order valence-electron chi connectivity index (χ3n) is 2.54. The summed E-state index contributed by atoms with van der Waals surface area (Å²) in [5, 5.41) is 8.97. The Morgan fingerprint density at radius 2 is 2.21 bits per heavy atom. The second kappa shape index (κ2) is 7.42. The zero-order valence-electron chi connectivity index (χ0n) is 10.5. The molecule has 0 radical (unpaired) electrons. The molecule has 0 aliphatic rings. The van der Waals surface area contributed by atoms with Crippen molar-refractivity contribution in [1.29, 1.82) is 0 Å². The highest BCUT2D eigenvalue weighted by Gasteiger charge is 2.19. The first kappa shape index (κ1) is 15.9. The van der Waals surface area contributed by atoms with E-state index in [2.05, 4.69) is 15.9 Å². The lowest BCUT2D eigenvalue weighted by Gasteiger charge is -2.22. The van der Waals surface area contributed by atoms with Gasteiger partial charge >= 0.3 is 0 Å². The molecule has 0 aliphatic heterocycles. The number of hydrogen-bond acceptors (Lipinski definition) is 4. The Morgan fingerprint density at radius 3 is 2.79 bits per heavy atom. The van der Waals surface area contributed by atoms with Crippen LogP contribution in [0.2, 0.25) is 0 Å². The third-order valence-corrected chi connectivity index (χ3v) is 3.20. The lowest BCUT2D eigenvalue weighted by Crippen LogP contribution is -2.36. The summed E-state index contributed by atoms with van der Waals surface area (Å²) in [7, 11) is 1.52. The maximum Gasteiger partial charge on any atom is 0.255 e. The van der Waals surface area contributed by atoms with Gasteiger partial charge in [0.05, 0.1) is 24.5 Å². The number of amides is 1. The molecule has 0 saturated carbocycles. The number of carbonyl (C=O) groups is 1. The summed E-state index contributed by atoms with van der Waals surface area (Å²) in [5.41, 5.74) is 5.62. The highest BCUT2D eigenvalue weighted by atomic mass is 79.9. The first-order valence-corrected chi connectivity index (χ1v) is 6.44. The second-order valence-electron chi connectivity index (χ2n) is 3.86. The van der Waals surface area contributed by atoms with Gasteiger partial charge in [-0.05, 0) is 28.1 Å². The minimum atomic E-state index is -0.589. The fourth-order valence-electron chi connectivity index (χ4n) is 1.54. The summed E-state index contributed by atoms with van der Waals surface area (Å²) in [6, 6.07) is 2.43. The van der Waals surface area contributed by atoms with E-state index in [4.69, 9.17) is 15.6 Å². The maximum absolute atomic E-state index is 13.2. The Bertz CT molecular complexity index is 457. The van der Waals surface area contributed by atoms with Gasteiger partial charge in [0, 0.05) is 24.7 Å². The van der Waals surface area contributed by atoms with Crippen LogP contribution in [0.3, 0.4) is 0 Å². The van der Waals surface area contributed by atoms with Crippen LogP contribution in [0.25, 0.3) is 0 Å². The van der Waals surface area contributed by atoms with Gasteiger partial charge in [-0.25, -0.2) is 4.39 Å². The maximum atomic E-state index is 13.2. The normalized spacial score (nSPS) is 10.5. The molecule has 5 nitrogen and oxygen atoms in total. The van der Waals surface area contributed by atoms with E-state index in [0.29, 0.717) is 17.6 Å². The molecule has 0 aromatic heterocycles. The van der Waals surface area contributed by atoms with Crippen molar-refractivity contribution in [3.8, 4) is 0 Å². The number of aliphatic hydroxyl groups is 1. The highest BCUT2D eigenvalue weighted by molar-refractivity contribution is 9.10. The summed E-state index contributed by atoms with van der Waals surface area (Å²) >= 11 is 3.13. The summed E-state index contributed by atoms with van der Waals surface area (Å²) in [5.74, 6) is -0.932. The Kier molecular flexibility index (Phi) is 6.20. The van der Waals surface area contributed by atoms with E-state index >= 15 is 0 Å².